The van der Waals surface area contributed by atoms with Gasteiger partial charge in [-0.25, -0.2) is 0 Å². The molecule has 1 heterocycles. The largest absolute Gasteiger partial charge is 0.493 e. The lowest BCUT2D eigenvalue weighted by Crippen LogP contribution is -2.04. The standard InChI is InChI=1S/C19H18ClNO2/c1-12(2)11-23-15-6-3-13(4-7-15)9-17-16-8-5-14(20)10-18(16)21-19(17)22/h3-10,12H,11H2,1-2H3,(H,21,22)/b17-9+. The van der Waals surface area contributed by atoms with Gasteiger partial charge in [-0.3, -0.25) is 4.79 Å². The van der Waals surface area contributed by atoms with Gasteiger partial charge in [0.05, 0.1) is 12.3 Å². The highest BCUT2D eigenvalue weighted by molar-refractivity contribution is 6.36. The van der Waals surface area contributed by atoms with Crippen molar-refractivity contribution in [1.29, 1.82) is 0 Å². The number of ether oxygens (including phenoxy) is 1. The zero-order valence-corrected chi connectivity index (χ0v) is 13.9. The predicted octanol–water partition coefficient (Wildman–Crippen LogP) is 4.87. The lowest BCUT2D eigenvalue weighted by Gasteiger charge is -2.08. The predicted molar refractivity (Wildman–Crippen MR) is 94.7 cm³/mol. The van der Waals surface area contributed by atoms with Gasteiger partial charge < -0.3 is 10.1 Å². The molecule has 0 radical (unpaired) electrons. The molecular weight excluding hydrogens is 310 g/mol. The van der Waals surface area contributed by atoms with E-state index in [2.05, 4.69) is 19.2 Å². The maximum atomic E-state index is 12.1. The van der Waals surface area contributed by atoms with Crippen molar-refractivity contribution < 1.29 is 9.53 Å². The Morgan fingerprint density at radius 2 is 1.91 bits per heavy atom. The number of anilines is 1. The van der Waals surface area contributed by atoms with E-state index in [9.17, 15) is 4.79 Å². The first-order valence-electron chi connectivity index (χ1n) is 7.59. The summed E-state index contributed by atoms with van der Waals surface area (Å²) in [6.45, 7) is 4.92. The Bertz CT molecular complexity index is 763. The molecule has 0 bridgehead atoms. The molecule has 2 aromatic rings. The molecule has 0 saturated heterocycles. The highest BCUT2D eigenvalue weighted by atomic mass is 35.5. The van der Waals surface area contributed by atoms with Crippen LogP contribution in [0, 0.1) is 5.92 Å². The van der Waals surface area contributed by atoms with Gasteiger partial charge >= 0.3 is 0 Å². The lowest BCUT2D eigenvalue weighted by atomic mass is 10.0. The van der Waals surface area contributed by atoms with Crippen molar-refractivity contribution in [3.05, 3.63) is 58.6 Å². The highest BCUT2D eigenvalue weighted by Gasteiger charge is 2.23. The maximum absolute atomic E-state index is 12.1. The van der Waals surface area contributed by atoms with E-state index < -0.39 is 0 Å². The van der Waals surface area contributed by atoms with Gasteiger partial charge in [-0.05, 0) is 41.8 Å². The number of hydrogen-bond donors (Lipinski definition) is 1. The van der Waals surface area contributed by atoms with E-state index in [-0.39, 0.29) is 5.91 Å². The number of benzene rings is 2. The van der Waals surface area contributed by atoms with Crippen LogP contribution in [0.4, 0.5) is 5.69 Å². The first kappa shape index (κ1) is 15.6. The summed E-state index contributed by atoms with van der Waals surface area (Å²) in [5, 5.41) is 3.44. The Hall–Kier alpha value is -2.26. The molecule has 1 aliphatic heterocycles. The quantitative estimate of drug-likeness (QED) is 0.814. The molecule has 118 valence electrons. The zero-order chi connectivity index (χ0) is 16.4. The van der Waals surface area contributed by atoms with Crippen molar-refractivity contribution >= 4 is 34.8 Å². The number of amides is 1. The van der Waals surface area contributed by atoms with Gasteiger partial charge in [-0.2, -0.15) is 0 Å². The minimum Gasteiger partial charge on any atom is -0.493 e. The monoisotopic (exact) mass is 327 g/mol. The molecule has 1 amide bonds. The number of fused-ring (bicyclic) bond motifs is 1. The van der Waals surface area contributed by atoms with Crippen molar-refractivity contribution in [3.63, 3.8) is 0 Å². The van der Waals surface area contributed by atoms with Crippen LogP contribution in [0.1, 0.15) is 25.0 Å². The second kappa shape index (κ2) is 6.47. The molecule has 1 N–H and O–H groups in total. The van der Waals surface area contributed by atoms with Gasteiger partial charge in [-0.15, -0.1) is 0 Å². The number of halogens is 1. The van der Waals surface area contributed by atoms with E-state index in [0.717, 1.165) is 22.6 Å². The van der Waals surface area contributed by atoms with Gasteiger partial charge in [0, 0.05) is 16.2 Å². The SMILES string of the molecule is CC(C)COc1ccc(/C=C2/C(=O)Nc3cc(Cl)ccc32)cc1. The Morgan fingerprint density at radius 3 is 2.61 bits per heavy atom. The Kier molecular flexibility index (Phi) is 4.39. The third-order valence-corrected chi connectivity index (χ3v) is 3.77. The van der Waals surface area contributed by atoms with Crippen LogP contribution in [0.15, 0.2) is 42.5 Å². The normalized spacial score (nSPS) is 15.0. The first-order valence-corrected chi connectivity index (χ1v) is 7.96. The van der Waals surface area contributed by atoms with E-state index in [1.165, 1.54) is 0 Å². The fourth-order valence-corrected chi connectivity index (χ4v) is 2.57. The topological polar surface area (TPSA) is 38.3 Å². The van der Waals surface area contributed by atoms with E-state index >= 15 is 0 Å². The molecule has 0 aliphatic carbocycles. The summed E-state index contributed by atoms with van der Waals surface area (Å²) in [6, 6.07) is 13.2. The smallest absolute Gasteiger partial charge is 0.256 e. The van der Waals surface area contributed by atoms with Crippen molar-refractivity contribution in [2.75, 3.05) is 11.9 Å². The third kappa shape index (κ3) is 3.57. The number of carbonyl (C=O) groups is 1. The van der Waals surface area contributed by atoms with Gasteiger partial charge in [-0.1, -0.05) is 43.6 Å². The minimum absolute atomic E-state index is 0.109. The van der Waals surface area contributed by atoms with E-state index in [1.807, 2.05) is 36.4 Å². The molecule has 2 aromatic carbocycles. The summed E-state index contributed by atoms with van der Waals surface area (Å²) < 4.78 is 5.67. The number of carbonyl (C=O) groups excluding carboxylic acids is 1. The molecule has 0 saturated carbocycles. The van der Waals surface area contributed by atoms with Crippen molar-refractivity contribution in [2.45, 2.75) is 13.8 Å². The second-order valence-electron chi connectivity index (χ2n) is 5.98. The van der Waals surface area contributed by atoms with E-state index in [4.69, 9.17) is 16.3 Å². The number of rotatable bonds is 4. The van der Waals surface area contributed by atoms with Crippen molar-refractivity contribution in [3.8, 4) is 5.75 Å². The number of hydrogen-bond acceptors (Lipinski definition) is 2. The molecule has 4 heteroatoms. The van der Waals surface area contributed by atoms with Crippen LogP contribution in [-0.2, 0) is 4.79 Å². The molecule has 3 nitrogen and oxygen atoms in total. The Labute approximate surface area is 140 Å². The molecule has 0 unspecified atom stereocenters. The minimum atomic E-state index is -0.109. The van der Waals surface area contributed by atoms with Crippen LogP contribution in [0.3, 0.4) is 0 Å². The van der Waals surface area contributed by atoms with Gasteiger partial charge in [0.1, 0.15) is 5.75 Å². The van der Waals surface area contributed by atoms with Crippen LogP contribution in [0.25, 0.3) is 11.6 Å². The lowest BCUT2D eigenvalue weighted by molar-refractivity contribution is -0.110. The van der Waals surface area contributed by atoms with Crippen LogP contribution in [-0.4, -0.2) is 12.5 Å². The van der Waals surface area contributed by atoms with Crippen LogP contribution >= 0.6 is 11.6 Å². The molecule has 0 atom stereocenters. The van der Waals surface area contributed by atoms with Crippen LogP contribution in [0.5, 0.6) is 5.75 Å². The molecule has 0 aromatic heterocycles. The van der Waals surface area contributed by atoms with Crippen LogP contribution < -0.4 is 10.1 Å². The fourth-order valence-electron chi connectivity index (χ4n) is 2.40. The average Bonchev–Trinajstić information content (AvgIpc) is 2.81. The summed E-state index contributed by atoms with van der Waals surface area (Å²) in [4.78, 5) is 12.1. The third-order valence-electron chi connectivity index (χ3n) is 3.54. The zero-order valence-electron chi connectivity index (χ0n) is 13.1. The van der Waals surface area contributed by atoms with Gasteiger partial charge in [0.15, 0.2) is 0 Å². The second-order valence-corrected chi connectivity index (χ2v) is 6.41. The van der Waals surface area contributed by atoms with E-state index in [0.29, 0.717) is 23.1 Å². The highest BCUT2D eigenvalue weighted by Crippen LogP contribution is 2.35. The maximum Gasteiger partial charge on any atom is 0.256 e. The fraction of sp³-hybridized carbons (Fsp3) is 0.211. The average molecular weight is 328 g/mol. The van der Waals surface area contributed by atoms with Gasteiger partial charge in [0.2, 0.25) is 0 Å². The summed E-state index contributed by atoms with van der Waals surface area (Å²) in [6.07, 6.45) is 1.88. The summed E-state index contributed by atoms with van der Waals surface area (Å²) >= 11 is 5.96. The van der Waals surface area contributed by atoms with Crippen molar-refractivity contribution in [2.24, 2.45) is 5.92 Å². The molecule has 0 fully saturated rings. The Balaban J connectivity index is 1.83. The summed E-state index contributed by atoms with van der Waals surface area (Å²) in [5.41, 5.74) is 3.23. The van der Waals surface area contributed by atoms with Crippen molar-refractivity contribution in [1.82, 2.24) is 0 Å². The number of nitrogens with one attached hydrogen (secondary N) is 1. The molecular formula is C19H18ClNO2. The Morgan fingerprint density at radius 1 is 1.17 bits per heavy atom. The molecule has 1 aliphatic rings. The summed E-state index contributed by atoms with van der Waals surface area (Å²) in [7, 11) is 0. The van der Waals surface area contributed by atoms with Gasteiger partial charge in [0.25, 0.3) is 5.91 Å². The molecule has 0 spiro atoms. The van der Waals surface area contributed by atoms with E-state index in [1.54, 1.807) is 12.1 Å². The molecule has 23 heavy (non-hydrogen) atoms. The van der Waals surface area contributed by atoms with Crippen LogP contribution in [0.2, 0.25) is 5.02 Å². The summed E-state index contributed by atoms with van der Waals surface area (Å²) in [5.74, 6) is 1.22. The first-order chi connectivity index (χ1) is 11.0. The molecule has 3 rings (SSSR count).